The van der Waals surface area contributed by atoms with Gasteiger partial charge in [0, 0.05) is 37.0 Å². The summed E-state index contributed by atoms with van der Waals surface area (Å²) in [6, 6.07) is 7.03. The number of hydrogen-bond acceptors (Lipinski definition) is 5. The highest BCUT2D eigenvalue weighted by Gasteiger charge is 2.31. The standard InChI is InChI=1S/C19H21FN6O2/c1-26-14(6-8-22-26)13-10-12(4-5-15(13)28-9-7-21)23-19(27)18-16(20)17(24-25-18)11-2-3-11/h4-6,8,10-11H,2-3,7,9,21H2,1H3,(H,23,27)(H,24,25). The minimum Gasteiger partial charge on any atom is -0.492 e. The number of carbonyl (C=O) groups is 1. The molecule has 0 saturated heterocycles. The van der Waals surface area contributed by atoms with Crippen molar-refractivity contribution in [2.75, 3.05) is 18.5 Å². The van der Waals surface area contributed by atoms with Gasteiger partial charge in [0.15, 0.2) is 11.5 Å². The first-order valence-electron chi connectivity index (χ1n) is 9.09. The van der Waals surface area contributed by atoms with Gasteiger partial charge < -0.3 is 15.8 Å². The van der Waals surface area contributed by atoms with E-state index in [1.807, 2.05) is 13.1 Å². The van der Waals surface area contributed by atoms with E-state index in [1.54, 1.807) is 29.1 Å². The van der Waals surface area contributed by atoms with Crippen molar-refractivity contribution in [1.82, 2.24) is 20.0 Å². The summed E-state index contributed by atoms with van der Waals surface area (Å²) in [7, 11) is 1.81. The van der Waals surface area contributed by atoms with Gasteiger partial charge in [0.2, 0.25) is 0 Å². The maximum Gasteiger partial charge on any atom is 0.279 e. The molecule has 28 heavy (non-hydrogen) atoms. The molecule has 9 heteroatoms. The molecule has 1 fully saturated rings. The quantitative estimate of drug-likeness (QED) is 0.579. The van der Waals surface area contributed by atoms with Gasteiger partial charge >= 0.3 is 0 Å². The summed E-state index contributed by atoms with van der Waals surface area (Å²) in [5.74, 6) is -0.416. The first-order chi connectivity index (χ1) is 13.6. The van der Waals surface area contributed by atoms with Crippen LogP contribution in [0.3, 0.4) is 0 Å². The third-order valence-corrected chi connectivity index (χ3v) is 4.64. The van der Waals surface area contributed by atoms with Gasteiger partial charge in [-0.05, 0) is 37.1 Å². The number of aryl methyl sites for hydroxylation is 1. The van der Waals surface area contributed by atoms with E-state index in [0.29, 0.717) is 30.3 Å². The predicted molar refractivity (Wildman–Crippen MR) is 102 cm³/mol. The van der Waals surface area contributed by atoms with Crippen molar-refractivity contribution in [2.45, 2.75) is 18.8 Å². The lowest BCUT2D eigenvalue weighted by Gasteiger charge is -2.13. The van der Waals surface area contributed by atoms with E-state index in [1.165, 1.54) is 0 Å². The molecule has 146 valence electrons. The van der Waals surface area contributed by atoms with Crippen molar-refractivity contribution in [3.8, 4) is 17.0 Å². The second-order valence-electron chi connectivity index (χ2n) is 6.72. The Morgan fingerprint density at radius 1 is 1.43 bits per heavy atom. The Kier molecular flexibility index (Phi) is 4.82. The van der Waals surface area contributed by atoms with Crippen molar-refractivity contribution in [1.29, 1.82) is 0 Å². The Morgan fingerprint density at radius 2 is 2.25 bits per heavy atom. The number of carbonyl (C=O) groups excluding carboxylic acids is 1. The number of benzene rings is 1. The Balaban J connectivity index is 1.61. The summed E-state index contributed by atoms with van der Waals surface area (Å²) in [5.41, 5.74) is 7.76. The van der Waals surface area contributed by atoms with Crippen LogP contribution in [0.4, 0.5) is 10.1 Å². The van der Waals surface area contributed by atoms with Crippen LogP contribution in [0.25, 0.3) is 11.3 Å². The van der Waals surface area contributed by atoms with Gasteiger partial charge in [-0.3, -0.25) is 14.6 Å². The second kappa shape index (κ2) is 7.43. The summed E-state index contributed by atoms with van der Waals surface area (Å²) in [6.07, 6.45) is 3.50. The number of rotatable bonds is 7. The fraction of sp³-hybridized carbons (Fsp3) is 0.316. The van der Waals surface area contributed by atoms with Gasteiger partial charge in [0.25, 0.3) is 5.91 Å². The molecule has 0 unspecified atom stereocenters. The largest absolute Gasteiger partial charge is 0.492 e. The van der Waals surface area contributed by atoms with Crippen molar-refractivity contribution >= 4 is 11.6 Å². The Hall–Kier alpha value is -3.20. The molecule has 1 aromatic carbocycles. The second-order valence-corrected chi connectivity index (χ2v) is 6.72. The van der Waals surface area contributed by atoms with E-state index in [4.69, 9.17) is 10.5 Å². The molecule has 0 aliphatic heterocycles. The molecule has 1 saturated carbocycles. The van der Waals surface area contributed by atoms with Gasteiger partial charge in [-0.2, -0.15) is 10.2 Å². The van der Waals surface area contributed by atoms with E-state index >= 15 is 0 Å². The SMILES string of the molecule is Cn1nccc1-c1cc(NC(=O)c2n[nH]c(C3CC3)c2F)ccc1OCCN. The minimum atomic E-state index is -0.604. The summed E-state index contributed by atoms with van der Waals surface area (Å²) in [6.45, 7) is 0.740. The molecule has 8 nitrogen and oxygen atoms in total. The first kappa shape index (κ1) is 18.2. The molecule has 1 aliphatic carbocycles. The zero-order chi connectivity index (χ0) is 19.7. The normalized spacial score (nSPS) is 13.5. The summed E-state index contributed by atoms with van der Waals surface area (Å²) >= 11 is 0. The number of ether oxygens (including phenoxy) is 1. The van der Waals surface area contributed by atoms with Crippen LogP contribution in [0, 0.1) is 5.82 Å². The summed E-state index contributed by atoms with van der Waals surface area (Å²) < 4.78 is 21.8. The van der Waals surface area contributed by atoms with Crippen LogP contribution in [0.15, 0.2) is 30.5 Å². The maximum atomic E-state index is 14.4. The average Bonchev–Trinajstić information content (AvgIpc) is 3.32. The van der Waals surface area contributed by atoms with Crippen LogP contribution in [-0.2, 0) is 7.05 Å². The number of halogens is 1. The molecule has 0 spiro atoms. The van der Waals surface area contributed by atoms with Crippen molar-refractivity contribution < 1.29 is 13.9 Å². The fourth-order valence-electron chi connectivity index (χ4n) is 3.07. The fourth-order valence-corrected chi connectivity index (χ4v) is 3.07. The van der Waals surface area contributed by atoms with Crippen molar-refractivity contribution in [2.24, 2.45) is 12.8 Å². The van der Waals surface area contributed by atoms with Crippen LogP contribution >= 0.6 is 0 Å². The molecule has 3 aromatic rings. The molecule has 4 rings (SSSR count). The first-order valence-corrected chi connectivity index (χ1v) is 9.09. The van der Waals surface area contributed by atoms with Gasteiger partial charge in [-0.25, -0.2) is 4.39 Å². The van der Waals surface area contributed by atoms with Crippen LogP contribution in [0.2, 0.25) is 0 Å². The molecule has 1 amide bonds. The smallest absolute Gasteiger partial charge is 0.279 e. The lowest BCUT2D eigenvalue weighted by molar-refractivity contribution is 0.101. The molecular weight excluding hydrogens is 363 g/mol. The molecule has 0 bridgehead atoms. The third-order valence-electron chi connectivity index (χ3n) is 4.64. The monoisotopic (exact) mass is 384 g/mol. The topological polar surface area (TPSA) is 111 Å². The zero-order valence-electron chi connectivity index (χ0n) is 15.4. The number of nitrogens with zero attached hydrogens (tertiary/aromatic N) is 3. The highest BCUT2D eigenvalue weighted by molar-refractivity contribution is 6.03. The number of nitrogens with one attached hydrogen (secondary N) is 2. The number of H-pyrrole nitrogens is 1. The Bertz CT molecular complexity index is 1010. The number of hydrogen-bond donors (Lipinski definition) is 3. The van der Waals surface area contributed by atoms with Crippen LogP contribution in [0.1, 0.15) is 34.9 Å². The van der Waals surface area contributed by atoms with E-state index in [-0.39, 0.29) is 11.6 Å². The van der Waals surface area contributed by atoms with Crippen molar-refractivity contribution in [3.05, 3.63) is 47.7 Å². The van der Waals surface area contributed by atoms with Gasteiger partial charge in [0.05, 0.1) is 11.4 Å². The van der Waals surface area contributed by atoms with Crippen LogP contribution in [-0.4, -0.2) is 39.0 Å². The lowest BCUT2D eigenvalue weighted by atomic mass is 10.1. The minimum absolute atomic E-state index is 0.143. The van der Waals surface area contributed by atoms with E-state index in [9.17, 15) is 9.18 Å². The molecule has 1 aliphatic rings. The number of aromatic amines is 1. The lowest BCUT2D eigenvalue weighted by Crippen LogP contribution is -2.15. The summed E-state index contributed by atoms with van der Waals surface area (Å²) in [5, 5.41) is 13.4. The van der Waals surface area contributed by atoms with E-state index in [0.717, 1.165) is 24.1 Å². The highest BCUT2D eigenvalue weighted by Crippen LogP contribution is 2.40. The van der Waals surface area contributed by atoms with Crippen LogP contribution in [0.5, 0.6) is 5.75 Å². The third kappa shape index (κ3) is 3.48. The Labute approximate surface area is 160 Å². The van der Waals surface area contributed by atoms with E-state index in [2.05, 4.69) is 20.6 Å². The number of anilines is 1. The van der Waals surface area contributed by atoms with Gasteiger partial charge in [0.1, 0.15) is 12.4 Å². The van der Waals surface area contributed by atoms with Crippen LogP contribution < -0.4 is 15.8 Å². The van der Waals surface area contributed by atoms with E-state index < -0.39 is 11.7 Å². The average molecular weight is 384 g/mol. The molecular formula is C19H21FN6O2. The molecule has 2 heterocycles. The van der Waals surface area contributed by atoms with Crippen molar-refractivity contribution in [3.63, 3.8) is 0 Å². The molecule has 2 aromatic heterocycles. The Morgan fingerprint density at radius 3 is 2.93 bits per heavy atom. The van der Waals surface area contributed by atoms with Gasteiger partial charge in [-0.1, -0.05) is 0 Å². The van der Waals surface area contributed by atoms with Gasteiger partial charge in [-0.15, -0.1) is 0 Å². The molecule has 0 atom stereocenters. The molecule has 0 radical (unpaired) electrons. The number of nitrogens with two attached hydrogens (primary N) is 1. The zero-order valence-corrected chi connectivity index (χ0v) is 15.4. The maximum absolute atomic E-state index is 14.4. The highest BCUT2D eigenvalue weighted by atomic mass is 19.1. The number of aromatic nitrogens is 4. The number of amides is 1. The summed E-state index contributed by atoms with van der Waals surface area (Å²) in [4.78, 5) is 12.5. The molecule has 4 N–H and O–H groups in total. The predicted octanol–water partition coefficient (Wildman–Crippen LogP) is 2.42.